The molecule has 6 heteroatoms. The third kappa shape index (κ3) is 5.35. The molecular weight excluding hydrogens is 468 g/mol. The zero-order valence-corrected chi connectivity index (χ0v) is 22.8. The van der Waals surface area contributed by atoms with Gasteiger partial charge in [0.15, 0.2) is 0 Å². The van der Waals surface area contributed by atoms with Crippen molar-refractivity contribution < 1.29 is 0 Å². The highest BCUT2D eigenvalue weighted by Crippen LogP contribution is 2.32. The van der Waals surface area contributed by atoms with E-state index in [4.69, 9.17) is 0 Å². The van der Waals surface area contributed by atoms with Crippen LogP contribution in [0.1, 0.15) is 46.0 Å². The normalized spacial score (nSPS) is 14.8. The van der Waals surface area contributed by atoms with Gasteiger partial charge in [-0.3, -0.25) is 9.88 Å². The van der Waals surface area contributed by atoms with E-state index in [0.29, 0.717) is 5.56 Å². The van der Waals surface area contributed by atoms with E-state index >= 15 is 0 Å². The zero-order chi connectivity index (χ0) is 26.6. The molecule has 2 aromatic heterocycles. The molecular formula is C32H36N6. The number of H-pyrrole nitrogens is 1. The van der Waals surface area contributed by atoms with Gasteiger partial charge in [0.2, 0.25) is 0 Å². The molecule has 2 aromatic carbocycles. The molecule has 1 fully saturated rings. The summed E-state index contributed by atoms with van der Waals surface area (Å²) in [6.45, 7) is 11.7. The summed E-state index contributed by atoms with van der Waals surface area (Å²) >= 11 is 0. The van der Waals surface area contributed by atoms with Crippen molar-refractivity contribution in [1.29, 1.82) is 5.26 Å². The van der Waals surface area contributed by atoms with Gasteiger partial charge in [-0.05, 0) is 67.8 Å². The first kappa shape index (κ1) is 25.7. The van der Waals surface area contributed by atoms with Gasteiger partial charge >= 0.3 is 0 Å². The predicted molar refractivity (Wildman–Crippen MR) is 158 cm³/mol. The second kappa shape index (κ2) is 11.2. The number of pyridine rings is 1. The molecule has 3 heterocycles. The number of fused-ring (bicyclic) bond motifs is 1. The Labute approximate surface area is 225 Å². The van der Waals surface area contributed by atoms with Gasteiger partial charge in [0.1, 0.15) is 6.07 Å². The molecule has 2 N–H and O–H groups in total. The largest absolute Gasteiger partial charge is 0.361 e. The maximum Gasteiger partial charge on any atom is 0.103 e. The van der Waals surface area contributed by atoms with E-state index < -0.39 is 0 Å². The number of piperazine rings is 1. The number of aryl methyl sites for hydroxylation is 3. The van der Waals surface area contributed by atoms with Gasteiger partial charge in [0, 0.05) is 73.0 Å². The van der Waals surface area contributed by atoms with Gasteiger partial charge in [-0.25, -0.2) is 0 Å². The van der Waals surface area contributed by atoms with Crippen LogP contribution < -0.4 is 5.32 Å². The highest BCUT2D eigenvalue weighted by atomic mass is 15.2. The molecule has 38 heavy (non-hydrogen) atoms. The van der Waals surface area contributed by atoms with E-state index in [1.165, 1.54) is 22.1 Å². The summed E-state index contributed by atoms with van der Waals surface area (Å²) in [7, 11) is 2.19. The standard InChI is InChI=1S/C32H36N6/c1-5-25-7-6-24(21-38-16-14-37(4)15-17-38)18-26(25)8-9-29-23(3)35-20-27(19-33)32(29)36-30-10-11-31-28(22(30)2)12-13-34-31/h6-13,18,20,34H,5,14-17,21H2,1-4H3,(H,35,36). The molecule has 1 aliphatic rings. The fraction of sp³-hybridized carbons (Fsp3) is 0.312. The third-order valence-electron chi connectivity index (χ3n) is 7.72. The maximum absolute atomic E-state index is 9.93. The minimum Gasteiger partial charge on any atom is -0.361 e. The van der Waals surface area contributed by atoms with Crippen LogP contribution in [-0.4, -0.2) is 53.0 Å². The number of hydrogen-bond acceptors (Lipinski definition) is 5. The van der Waals surface area contributed by atoms with Crippen molar-refractivity contribution in [3.05, 3.63) is 87.9 Å². The second-order valence-electron chi connectivity index (χ2n) is 10.3. The Kier molecular flexibility index (Phi) is 7.59. The number of nitrogens with zero attached hydrogens (tertiary/aromatic N) is 4. The number of nitrogens with one attached hydrogen (secondary N) is 2. The Balaban J connectivity index is 1.48. The fourth-order valence-electron chi connectivity index (χ4n) is 5.26. The molecule has 0 saturated carbocycles. The van der Waals surface area contributed by atoms with E-state index in [0.717, 1.165) is 72.9 Å². The van der Waals surface area contributed by atoms with Crippen molar-refractivity contribution in [3.63, 3.8) is 0 Å². The van der Waals surface area contributed by atoms with Gasteiger partial charge in [-0.1, -0.05) is 37.3 Å². The molecule has 0 bridgehead atoms. The average Bonchev–Trinajstić information content (AvgIpc) is 3.41. The lowest BCUT2D eigenvalue weighted by Gasteiger charge is -2.32. The van der Waals surface area contributed by atoms with Crippen LogP contribution in [0.5, 0.6) is 0 Å². The molecule has 4 aromatic rings. The van der Waals surface area contributed by atoms with E-state index in [9.17, 15) is 5.26 Å². The third-order valence-corrected chi connectivity index (χ3v) is 7.72. The number of aromatic nitrogens is 2. The average molecular weight is 505 g/mol. The Morgan fingerprint density at radius 1 is 1.08 bits per heavy atom. The van der Waals surface area contributed by atoms with Crippen molar-refractivity contribution in [2.24, 2.45) is 0 Å². The molecule has 0 atom stereocenters. The molecule has 0 spiro atoms. The molecule has 5 rings (SSSR count). The highest BCUT2D eigenvalue weighted by molar-refractivity contribution is 5.91. The first-order valence-electron chi connectivity index (χ1n) is 13.4. The number of likely N-dealkylation sites (N-methyl/N-ethyl adjacent to an activating group) is 1. The summed E-state index contributed by atoms with van der Waals surface area (Å²) in [4.78, 5) is 12.7. The first-order chi connectivity index (χ1) is 18.5. The summed E-state index contributed by atoms with van der Waals surface area (Å²) in [6, 6.07) is 15.4. The molecule has 0 unspecified atom stereocenters. The van der Waals surface area contributed by atoms with Crippen molar-refractivity contribution >= 4 is 34.4 Å². The monoisotopic (exact) mass is 504 g/mol. The minimum absolute atomic E-state index is 0.531. The SMILES string of the molecule is CCc1ccc(CN2CCN(C)CC2)cc1C=Cc1c(C)ncc(C#N)c1Nc1ccc2[nH]ccc2c1C. The Bertz CT molecular complexity index is 1520. The van der Waals surface area contributed by atoms with E-state index in [-0.39, 0.29) is 0 Å². The summed E-state index contributed by atoms with van der Waals surface area (Å²) in [5.41, 5.74) is 10.2. The Hall–Kier alpha value is -3.92. The van der Waals surface area contributed by atoms with Gasteiger partial charge in [0.25, 0.3) is 0 Å². The van der Waals surface area contributed by atoms with E-state index in [1.807, 2.05) is 13.1 Å². The quantitative estimate of drug-likeness (QED) is 0.310. The number of nitriles is 1. The Morgan fingerprint density at radius 3 is 2.66 bits per heavy atom. The lowest BCUT2D eigenvalue weighted by molar-refractivity contribution is 0.148. The number of aromatic amines is 1. The van der Waals surface area contributed by atoms with Gasteiger partial charge in [-0.2, -0.15) is 5.26 Å². The summed E-state index contributed by atoms with van der Waals surface area (Å²) in [5.74, 6) is 0. The number of rotatable bonds is 7. The van der Waals surface area contributed by atoms with Crippen LogP contribution in [0, 0.1) is 25.2 Å². The minimum atomic E-state index is 0.531. The lowest BCUT2D eigenvalue weighted by atomic mass is 9.99. The maximum atomic E-state index is 9.93. The van der Waals surface area contributed by atoms with Crippen LogP contribution in [0.3, 0.4) is 0 Å². The summed E-state index contributed by atoms with van der Waals surface area (Å²) in [6.07, 6.45) is 8.88. The molecule has 1 saturated heterocycles. The van der Waals surface area contributed by atoms with Crippen LogP contribution >= 0.6 is 0 Å². The fourth-order valence-corrected chi connectivity index (χ4v) is 5.26. The first-order valence-corrected chi connectivity index (χ1v) is 13.4. The molecule has 6 nitrogen and oxygen atoms in total. The molecule has 1 aliphatic heterocycles. The molecule has 0 radical (unpaired) electrons. The van der Waals surface area contributed by atoms with Crippen LogP contribution in [0.25, 0.3) is 23.1 Å². The number of benzene rings is 2. The van der Waals surface area contributed by atoms with E-state index in [1.54, 1.807) is 6.20 Å². The van der Waals surface area contributed by atoms with Crippen LogP contribution in [-0.2, 0) is 13.0 Å². The van der Waals surface area contributed by atoms with Gasteiger partial charge < -0.3 is 15.2 Å². The van der Waals surface area contributed by atoms with Crippen LogP contribution in [0.15, 0.2) is 48.8 Å². The number of anilines is 2. The summed E-state index contributed by atoms with van der Waals surface area (Å²) < 4.78 is 0. The topological polar surface area (TPSA) is 71.0 Å². The molecule has 194 valence electrons. The van der Waals surface area contributed by atoms with Gasteiger partial charge in [0.05, 0.1) is 11.3 Å². The molecule has 0 amide bonds. The van der Waals surface area contributed by atoms with Crippen LogP contribution in [0.2, 0.25) is 0 Å². The summed E-state index contributed by atoms with van der Waals surface area (Å²) in [5, 5.41) is 14.7. The van der Waals surface area contributed by atoms with Crippen molar-refractivity contribution in [2.75, 3.05) is 38.5 Å². The predicted octanol–water partition coefficient (Wildman–Crippen LogP) is 6.28. The van der Waals surface area contributed by atoms with Gasteiger partial charge in [-0.15, -0.1) is 0 Å². The van der Waals surface area contributed by atoms with Crippen molar-refractivity contribution in [1.82, 2.24) is 19.8 Å². The van der Waals surface area contributed by atoms with Crippen molar-refractivity contribution in [3.8, 4) is 6.07 Å². The zero-order valence-electron chi connectivity index (χ0n) is 22.8. The highest BCUT2D eigenvalue weighted by Gasteiger charge is 2.16. The van der Waals surface area contributed by atoms with Crippen molar-refractivity contribution in [2.45, 2.75) is 33.7 Å². The Morgan fingerprint density at radius 2 is 1.89 bits per heavy atom. The number of hydrogen-bond donors (Lipinski definition) is 2. The van der Waals surface area contributed by atoms with E-state index in [2.05, 4.69) is 101 Å². The second-order valence-corrected chi connectivity index (χ2v) is 10.3. The smallest absolute Gasteiger partial charge is 0.103 e. The van der Waals surface area contributed by atoms with Crippen LogP contribution in [0.4, 0.5) is 11.4 Å². The molecule has 0 aliphatic carbocycles. The lowest BCUT2D eigenvalue weighted by Crippen LogP contribution is -2.43.